The molecule has 0 radical (unpaired) electrons. The third-order valence-electron chi connectivity index (χ3n) is 4.34. The van der Waals surface area contributed by atoms with Crippen LogP contribution in [0.25, 0.3) is 5.69 Å². The summed E-state index contributed by atoms with van der Waals surface area (Å²) in [5.41, 5.74) is -0.0799. The van der Waals surface area contributed by atoms with Crippen LogP contribution in [0.2, 0.25) is 0 Å². The zero-order valence-corrected chi connectivity index (χ0v) is 12.9. The van der Waals surface area contributed by atoms with Crippen LogP contribution in [-0.2, 0) is 4.79 Å². The first-order valence-electron chi connectivity index (χ1n) is 7.72. The number of nitriles is 1. The Morgan fingerprint density at radius 2 is 2.04 bits per heavy atom. The highest BCUT2D eigenvalue weighted by molar-refractivity contribution is 5.86. The normalized spacial score (nSPS) is 17.4. The third-order valence-corrected chi connectivity index (χ3v) is 4.34. The van der Waals surface area contributed by atoms with Gasteiger partial charge in [-0.25, -0.2) is 0 Å². The maximum absolute atomic E-state index is 12.5. The van der Waals surface area contributed by atoms with Crippen LogP contribution in [0, 0.1) is 16.7 Å². The molecule has 1 fully saturated rings. The second-order valence-electron chi connectivity index (χ2n) is 5.88. The molecule has 1 aromatic heterocycles. The fraction of sp³-hybridized carbons (Fsp3) is 0.438. The van der Waals surface area contributed by atoms with Crippen molar-refractivity contribution in [2.45, 2.75) is 38.6 Å². The minimum absolute atomic E-state index is 0.229. The number of nitrogens with zero attached hydrogens (tertiary/aromatic N) is 5. The summed E-state index contributed by atoms with van der Waals surface area (Å²) in [6.45, 7) is 1.82. The number of para-hydroxylation sites is 1. The molecule has 1 aliphatic rings. The Morgan fingerprint density at radius 1 is 1.35 bits per heavy atom. The highest BCUT2D eigenvalue weighted by atomic mass is 16.2. The van der Waals surface area contributed by atoms with Gasteiger partial charge >= 0.3 is 0 Å². The van der Waals surface area contributed by atoms with E-state index in [9.17, 15) is 10.1 Å². The van der Waals surface area contributed by atoms with Crippen LogP contribution in [-0.4, -0.2) is 26.1 Å². The van der Waals surface area contributed by atoms with Gasteiger partial charge in [-0.3, -0.25) is 4.79 Å². The smallest absolute Gasteiger partial charge is 0.241 e. The Kier molecular flexibility index (Phi) is 4.06. The van der Waals surface area contributed by atoms with Crippen LogP contribution in [0.1, 0.15) is 44.5 Å². The van der Waals surface area contributed by atoms with Crippen molar-refractivity contribution in [1.29, 1.82) is 5.26 Å². The SMILES string of the molecule is C[C@H](NC(=O)C1(C#N)CCCC1)c1nnnn1-c1ccccc1. The molecule has 1 N–H and O–H groups in total. The van der Waals surface area contributed by atoms with E-state index in [0.717, 1.165) is 18.5 Å². The molecule has 0 aliphatic heterocycles. The molecule has 118 valence electrons. The minimum atomic E-state index is -0.903. The number of aromatic nitrogens is 4. The van der Waals surface area contributed by atoms with E-state index in [1.165, 1.54) is 0 Å². The molecule has 1 aliphatic carbocycles. The van der Waals surface area contributed by atoms with E-state index in [1.54, 1.807) is 4.68 Å². The van der Waals surface area contributed by atoms with Gasteiger partial charge in [-0.05, 0) is 42.3 Å². The van der Waals surface area contributed by atoms with Gasteiger partial charge in [0.25, 0.3) is 0 Å². The number of amides is 1. The van der Waals surface area contributed by atoms with Crippen molar-refractivity contribution in [3.05, 3.63) is 36.2 Å². The Morgan fingerprint density at radius 3 is 2.70 bits per heavy atom. The Bertz CT molecular complexity index is 727. The predicted octanol–water partition coefficient (Wildman–Crippen LogP) is 1.92. The van der Waals surface area contributed by atoms with Crippen molar-refractivity contribution in [1.82, 2.24) is 25.5 Å². The van der Waals surface area contributed by atoms with Crippen LogP contribution in [0.3, 0.4) is 0 Å². The second kappa shape index (κ2) is 6.16. The zero-order chi connectivity index (χ0) is 16.3. The summed E-state index contributed by atoms with van der Waals surface area (Å²) in [4.78, 5) is 12.5. The summed E-state index contributed by atoms with van der Waals surface area (Å²) in [5.74, 6) is 0.309. The predicted molar refractivity (Wildman–Crippen MR) is 82.2 cm³/mol. The van der Waals surface area contributed by atoms with E-state index in [0.29, 0.717) is 18.7 Å². The summed E-state index contributed by atoms with van der Waals surface area (Å²) >= 11 is 0. The highest BCUT2D eigenvalue weighted by Crippen LogP contribution is 2.38. The summed E-state index contributed by atoms with van der Waals surface area (Å²) in [6.07, 6.45) is 3.06. The van der Waals surface area contributed by atoms with Gasteiger partial charge in [0, 0.05) is 0 Å². The average Bonchev–Trinajstić information content (AvgIpc) is 3.25. The van der Waals surface area contributed by atoms with E-state index in [1.807, 2.05) is 37.3 Å². The number of tetrazole rings is 1. The first-order chi connectivity index (χ1) is 11.2. The lowest BCUT2D eigenvalue weighted by molar-refractivity contribution is -0.128. The molecule has 0 saturated heterocycles. The fourth-order valence-electron chi connectivity index (χ4n) is 2.98. The van der Waals surface area contributed by atoms with Crippen molar-refractivity contribution in [2.24, 2.45) is 5.41 Å². The van der Waals surface area contributed by atoms with Crippen LogP contribution in [0.4, 0.5) is 0 Å². The summed E-state index contributed by atoms with van der Waals surface area (Å²) in [5, 5.41) is 24.0. The maximum atomic E-state index is 12.5. The molecule has 7 heteroatoms. The number of nitrogens with one attached hydrogen (secondary N) is 1. The summed E-state index contributed by atoms with van der Waals surface area (Å²) in [6, 6.07) is 11.3. The molecule has 1 aromatic carbocycles. The molecule has 1 heterocycles. The quantitative estimate of drug-likeness (QED) is 0.930. The Balaban J connectivity index is 1.80. The molecule has 0 unspecified atom stereocenters. The van der Waals surface area contributed by atoms with Gasteiger partial charge < -0.3 is 5.32 Å². The van der Waals surface area contributed by atoms with E-state index in [-0.39, 0.29) is 11.9 Å². The van der Waals surface area contributed by atoms with Gasteiger partial charge in [-0.2, -0.15) is 9.94 Å². The fourth-order valence-corrected chi connectivity index (χ4v) is 2.98. The molecule has 0 spiro atoms. The third kappa shape index (κ3) is 2.80. The Hall–Kier alpha value is -2.75. The largest absolute Gasteiger partial charge is 0.345 e. The zero-order valence-electron chi connectivity index (χ0n) is 12.9. The van der Waals surface area contributed by atoms with Gasteiger partial charge in [0.05, 0.1) is 17.8 Å². The van der Waals surface area contributed by atoms with Crippen molar-refractivity contribution < 1.29 is 4.79 Å². The lowest BCUT2D eigenvalue weighted by Gasteiger charge is -2.22. The minimum Gasteiger partial charge on any atom is -0.345 e. The van der Waals surface area contributed by atoms with Crippen molar-refractivity contribution in [3.8, 4) is 11.8 Å². The molecule has 1 saturated carbocycles. The number of hydrogen-bond acceptors (Lipinski definition) is 5. The topological polar surface area (TPSA) is 96.5 Å². The van der Waals surface area contributed by atoms with Crippen LogP contribution >= 0.6 is 0 Å². The first kappa shape index (κ1) is 15.2. The maximum Gasteiger partial charge on any atom is 0.241 e. The molecule has 0 bridgehead atoms. The summed E-state index contributed by atoms with van der Waals surface area (Å²) in [7, 11) is 0. The van der Waals surface area contributed by atoms with Gasteiger partial charge in [0.1, 0.15) is 5.41 Å². The molecule has 23 heavy (non-hydrogen) atoms. The second-order valence-corrected chi connectivity index (χ2v) is 5.88. The Labute approximate surface area is 134 Å². The number of benzene rings is 1. The monoisotopic (exact) mass is 310 g/mol. The van der Waals surface area contributed by atoms with Gasteiger partial charge in [0.2, 0.25) is 5.91 Å². The lowest BCUT2D eigenvalue weighted by atomic mass is 9.87. The molecule has 1 atom stereocenters. The molecular formula is C16H18N6O. The van der Waals surface area contributed by atoms with Crippen molar-refractivity contribution >= 4 is 5.91 Å². The van der Waals surface area contributed by atoms with E-state index >= 15 is 0 Å². The standard InChI is InChI=1S/C16H18N6O/c1-12(18-15(23)16(11-17)9-5-6-10-16)14-19-20-21-22(14)13-7-3-2-4-8-13/h2-4,7-8,12H,5-6,9-10H2,1H3,(H,18,23)/t12-/m0/s1. The highest BCUT2D eigenvalue weighted by Gasteiger charge is 2.42. The number of hydrogen-bond donors (Lipinski definition) is 1. The average molecular weight is 310 g/mol. The number of carbonyl (C=O) groups is 1. The summed E-state index contributed by atoms with van der Waals surface area (Å²) < 4.78 is 1.60. The molecule has 3 rings (SSSR count). The van der Waals surface area contributed by atoms with E-state index in [2.05, 4.69) is 26.9 Å². The van der Waals surface area contributed by atoms with E-state index < -0.39 is 5.41 Å². The number of carbonyl (C=O) groups excluding carboxylic acids is 1. The van der Waals surface area contributed by atoms with Crippen molar-refractivity contribution in [2.75, 3.05) is 0 Å². The molecule has 7 nitrogen and oxygen atoms in total. The first-order valence-corrected chi connectivity index (χ1v) is 7.72. The van der Waals surface area contributed by atoms with E-state index in [4.69, 9.17) is 0 Å². The molecular weight excluding hydrogens is 292 g/mol. The van der Waals surface area contributed by atoms with Crippen LogP contribution in [0.5, 0.6) is 0 Å². The lowest BCUT2D eigenvalue weighted by Crippen LogP contribution is -2.40. The van der Waals surface area contributed by atoms with Gasteiger partial charge in [-0.15, -0.1) is 5.10 Å². The van der Waals surface area contributed by atoms with Crippen LogP contribution < -0.4 is 5.32 Å². The van der Waals surface area contributed by atoms with Gasteiger partial charge in [-0.1, -0.05) is 31.0 Å². The van der Waals surface area contributed by atoms with Crippen molar-refractivity contribution in [3.63, 3.8) is 0 Å². The van der Waals surface area contributed by atoms with Gasteiger partial charge in [0.15, 0.2) is 5.82 Å². The number of rotatable bonds is 4. The molecule has 2 aromatic rings. The van der Waals surface area contributed by atoms with Crippen LogP contribution in [0.15, 0.2) is 30.3 Å². The molecule has 1 amide bonds.